The molecule has 1 unspecified atom stereocenters. The number of carbonyl (C=O) groups is 1. The lowest BCUT2D eigenvalue weighted by Crippen LogP contribution is -2.36. The SMILES string of the molecule is O=C(O)C(NO)C1CC1. The topological polar surface area (TPSA) is 69.6 Å². The molecule has 0 spiro atoms. The van der Waals surface area contributed by atoms with Crippen LogP contribution in [0.1, 0.15) is 12.8 Å². The van der Waals surface area contributed by atoms with Gasteiger partial charge in [-0.1, -0.05) is 0 Å². The van der Waals surface area contributed by atoms with Crippen LogP contribution >= 0.6 is 0 Å². The second-order valence-corrected chi connectivity index (χ2v) is 2.28. The quantitative estimate of drug-likeness (QED) is 0.465. The third kappa shape index (κ3) is 1.40. The van der Waals surface area contributed by atoms with E-state index in [1.807, 2.05) is 0 Å². The van der Waals surface area contributed by atoms with Gasteiger partial charge in [-0.2, -0.15) is 5.48 Å². The first-order valence-corrected chi connectivity index (χ1v) is 2.88. The van der Waals surface area contributed by atoms with Crippen LogP contribution in [-0.4, -0.2) is 22.3 Å². The lowest BCUT2D eigenvalue weighted by atomic mass is 10.2. The van der Waals surface area contributed by atoms with E-state index in [-0.39, 0.29) is 5.92 Å². The van der Waals surface area contributed by atoms with Gasteiger partial charge in [0.15, 0.2) is 0 Å². The monoisotopic (exact) mass is 131 g/mol. The van der Waals surface area contributed by atoms with Gasteiger partial charge in [-0.25, -0.2) is 0 Å². The highest BCUT2D eigenvalue weighted by Crippen LogP contribution is 2.32. The number of aliphatic carboxylic acids is 1. The zero-order valence-electron chi connectivity index (χ0n) is 4.87. The molecule has 3 N–H and O–H groups in total. The van der Waals surface area contributed by atoms with Crippen molar-refractivity contribution in [2.24, 2.45) is 5.92 Å². The van der Waals surface area contributed by atoms with Crippen molar-refractivity contribution in [1.82, 2.24) is 5.48 Å². The molecular weight excluding hydrogens is 122 g/mol. The standard InChI is InChI=1S/C5H9NO3/c7-5(8)4(6-9)3-1-2-3/h3-4,6,9H,1-2H2,(H,7,8). The van der Waals surface area contributed by atoms with Crippen LogP contribution in [0.25, 0.3) is 0 Å². The Morgan fingerprint density at radius 2 is 2.22 bits per heavy atom. The molecule has 1 aliphatic rings. The largest absolute Gasteiger partial charge is 0.480 e. The molecule has 52 valence electrons. The van der Waals surface area contributed by atoms with E-state index in [2.05, 4.69) is 0 Å². The molecule has 0 bridgehead atoms. The zero-order valence-corrected chi connectivity index (χ0v) is 4.87. The number of rotatable bonds is 3. The minimum Gasteiger partial charge on any atom is -0.480 e. The van der Waals surface area contributed by atoms with Gasteiger partial charge in [0.1, 0.15) is 6.04 Å². The van der Waals surface area contributed by atoms with E-state index in [9.17, 15) is 4.79 Å². The van der Waals surface area contributed by atoms with E-state index in [4.69, 9.17) is 10.3 Å². The molecule has 0 aliphatic heterocycles. The van der Waals surface area contributed by atoms with Crippen LogP contribution in [-0.2, 0) is 4.79 Å². The Morgan fingerprint density at radius 1 is 1.67 bits per heavy atom. The van der Waals surface area contributed by atoms with Gasteiger partial charge in [-0.05, 0) is 18.8 Å². The highest BCUT2D eigenvalue weighted by molar-refractivity contribution is 5.74. The minimum atomic E-state index is -0.972. The molecule has 9 heavy (non-hydrogen) atoms. The predicted molar refractivity (Wildman–Crippen MR) is 29.1 cm³/mol. The third-order valence-electron chi connectivity index (χ3n) is 1.50. The van der Waals surface area contributed by atoms with E-state index in [1.165, 1.54) is 0 Å². The third-order valence-corrected chi connectivity index (χ3v) is 1.50. The molecule has 0 radical (unpaired) electrons. The van der Waals surface area contributed by atoms with Gasteiger partial charge in [0, 0.05) is 0 Å². The summed E-state index contributed by atoms with van der Waals surface area (Å²) in [6.07, 6.45) is 1.81. The van der Waals surface area contributed by atoms with E-state index in [1.54, 1.807) is 5.48 Å². The maximum Gasteiger partial charge on any atom is 0.323 e. The van der Waals surface area contributed by atoms with Crippen LogP contribution in [0.4, 0.5) is 0 Å². The Balaban J connectivity index is 2.37. The maximum atomic E-state index is 10.2. The minimum absolute atomic E-state index is 0.146. The molecule has 4 heteroatoms. The smallest absolute Gasteiger partial charge is 0.323 e. The van der Waals surface area contributed by atoms with Gasteiger partial charge in [-0.15, -0.1) is 0 Å². The lowest BCUT2D eigenvalue weighted by Gasteiger charge is -2.05. The molecule has 1 aliphatic carbocycles. The van der Waals surface area contributed by atoms with E-state index < -0.39 is 12.0 Å². The van der Waals surface area contributed by atoms with Crippen LogP contribution < -0.4 is 5.48 Å². The molecule has 1 atom stereocenters. The van der Waals surface area contributed by atoms with E-state index in [0.717, 1.165) is 12.8 Å². The molecule has 0 heterocycles. The van der Waals surface area contributed by atoms with Gasteiger partial charge in [0.25, 0.3) is 0 Å². The Hall–Kier alpha value is -0.610. The first-order valence-electron chi connectivity index (χ1n) is 2.88. The molecule has 1 fully saturated rings. The van der Waals surface area contributed by atoms with Crippen LogP contribution in [0.3, 0.4) is 0 Å². The fourth-order valence-corrected chi connectivity index (χ4v) is 0.792. The summed E-state index contributed by atoms with van der Waals surface area (Å²) >= 11 is 0. The van der Waals surface area contributed by atoms with Crippen LogP contribution in [0, 0.1) is 5.92 Å². The lowest BCUT2D eigenvalue weighted by molar-refractivity contribution is -0.143. The summed E-state index contributed by atoms with van der Waals surface area (Å²) in [5, 5.41) is 16.6. The Labute approximate surface area is 52.4 Å². The average molecular weight is 131 g/mol. The van der Waals surface area contributed by atoms with Gasteiger partial charge in [-0.3, -0.25) is 4.79 Å². The second kappa shape index (κ2) is 2.33. The van der Waals surface area contributed by atoms with Crippen molar-refractivity contribution in [2.75, 3.05) is 0 Å². The van der Waals surface area contributed by atoms with Gasteiger partial charge in [0.2, 0.25) is 0 Å². The fourth-order valence-electron chi connectivity index (χ4n) is 0.792. The molecule has 1 saturated carbocycles. The first-order chi connectivity index (χ1) is 4.25. The molecule has 0 aromatic heterocycles. The van der Waals surface area contributed by atoms with Crippen molar-refractivity contribution in [1.29, 1.82) is 0 Å². The second-order valence-electron chi connectivity index (χ2n) is 2.28. The molecule has 0 saturated heterocycles. The van der Waals surface area contributed by atoms with Crippen molar-refractivity contribution in [3.8, 4) is 0 Å². The van der Waals surface area contributed by atoms with Crippen molar-refractivity contribution in [2.45, 2.75) is 18.9 Å². The van der Waals surface area contributed by atoms with Gasteiger partial charge >= 0.3 is 5.97 Å². The summed E-state index contributed by atoms with van der Waals surface area (Å²) in [6, 6.07) is -0.745. The van der Waals surface area contributed by atoms with Crippen LogP contribution in [0.2, 0.25) is 0 Å². The van der Waals surface area contributed by atoms with Crippen molar-refractivity contribution in [3.63, 3.8) is 0 Å². The summed E-state index contributed by atoms with van der Waals surface area (Å²) in [5.41, 5.74) is 1.76. The number of hydrogen-bond acceptors (Lipinski definition) is 3. The molecular formula is C5H9NO3. The number of hydroxylamine groups is 1. The zero-order chi connectivity index (χ0) is 6.85. The maximum absolute atomic E-state index is 10.2. The van der Waals surface area contributed by atoms with Gasteiger partial charge in [0.05, 0.1) is 0 Å². The van der Waals surface area contributed by atoms with E-state index >= 15 is 0 Å². The number of carboxylic acid groups (broad SMARTS) is 1. The van der Waals surface area contributed by atoms with Crippen LogP contribution in [0.5, 0.6) is 0 Å². The highest BCUT2D eigenvalue weighted by Gasteiger charge is 2.35. The van der Waals surface area contributed by atoms with Crippen LogP contribution in [0.15, 0.2) is 0 Å². The van der Waals surface area contributed by atoms with E-state index in [0.29, 0.717) is 0 Å². The molecule has 4 nitrogen and oxygen atoms in total. The Kier molecular flexibility index (Phi) is 1.68. The fraction of sp³-hybridized carbons (Fsp3) is 0.800. The molecule has 0 aromatic rings. The van der Waals surface area contributed by atoms with Gasteiger partial charge < -0.3 is 10.3 Å². The Bertz CT molecular complexity index is 121. The summed E-state index contributed by atoms with van der Waals surface area (Å²) in [4.78, 5) is 10.2. The molecule has 0 aromatic carbocycles. The average Bonchev–Trinajstić information content (AvgIpc) is 2.50. The van der Waals surface area contributed by atoms with Crippen molar-refractivity contribution < 1.29 is 15.1 Å². The summed E-state index contributed by atoms with van der Waals surface area (Å²) < 4.78 is 0. The molecule has 1 rings (SSSR count). The summed E-state index contributed by atoms with van der Waals surface area (Å²) in [5.74, 6) is -0.826. The summed E-state index contributed by atoms with van der Waals surface area (Å²) in [6.45, 7) is 0. The number of nitrogens with one attached hydrogen (secondary N) is 1. The predicted octanol–water partition coefficient (Wildman–Crippen LogP) is -0.172. The van der Waals surface area contributed by atoms with Crippen molar-refractivity contribution >= 4 is 5.97 Å². The first kappa shape index (κ1) is 6.51. The number of carboxylic acids is 1. The molecule has 0 amide bonds. The normalized spacial score (nSPS) is 21.4. The Morgan fingerprint density at radius 3 is 2.33 bits per heavy atom. The number of hydrogen-bond donors (Lipinski definition) is 3. The van der Waals surface area contributed by atoms with Crippen molar-refractivity contribution in [3.05, 3.63) is 0 Å². The highest BCUT2D eigenvalue weighted by atomic mass is 16.5. The summed E-state index contributed by atoms with van der Waals surface area (Å²) in [7, 11) is 0.